The number of carbonyl (C=O) groups excluding carboxylic acids is 1. The molecule has 1 aliphatic heterocycles. The number of hydrogen-bond donors (Lipinski definition) is 1. The van der Waals surface area contributed by atoms with Gasteiger partial charge in [-0.2, -0.15) is 13.2 Å². The van der Waals surface area contributed by atoms with E-state index in [9.17, 15) is 18.0 Å². The molecule has 38 heavy (non-hydrogen) atoms. The fourth-order valence-corrected chi connectivity index (χ4v) is 5.34. The Labute approximate surface area is 216 Å². The molecule has 2 bridgehead atoms. The van der Waals surface area contributed by atoms with Gasteiger partial charge in [0.05, 0.1) is 29.3 Å². The van der Waals surface area contributed by atoms with Gasteiger partial charge in [0, 0.05) is 36.1 Å². The average molecular weight is 520 g/mol. The maximum atomic E-state index is 13.0. The third kappa shape index (κ3) is 4.59. The molecule has 1 N–H and O–H groups in total. The first-order valence-corrected chi connectivity index (χ1v) is 12.3. The minimum Gasteiger partial charge on any atom is -0.367 e. The first kappa shape index (κ1) is 24.1. The third-order valence-electron chi connectivity index (χ3n) is 7.30. The monoisotopic (exact) mass is 519 g/mol. The highest BCUT2D eigenvalue weighted by Gasteiger charge is 2.38. The summed E-state index contributed by atoms with van der Waals surface area (Å²) < 4.78 is 40.6. The van der Waals surface area contributed by atoms with E-state index >= 15 is 0 Å². The summed E-state index contributed by atoms with van der Waals surface area (Å²) >= 11 is 0. The second-order valence-electron chi connectivity index (χ2n) is 9.85. The summed E-state index contributed by atoms with van der Waals surface area (Å²) in [5.74, 6) is -0.00910. The van der Waals surface area contributed by atoms with Crippen LogP contribution in [0.5, 0.6) is 0 Å². The summed E-state index contributed by atoms with van der Waals surface area (Å²) in [7, 11) is 0. The maximum absolute atomic E-state index is 13.0. The number of anilines is 2. The number of benzene rings is 1. The van der Waals surface area contributed by atoms with Crippen LogP contribution < -0.4 is 10.2 Å². The highest BCUT2D eigenvalue weighted by atomic mass is 19.4. The van der Waals surface area contributed by atoms with Gasteiger partial charge >= 0.3 is 6.18 Å². The quantitative estimate of drug-likeness (QED) is 0.385. The van der Waals surface area contributed by atoms with Gasteiger partial charge in [0.25, 0.3) is 5.91 Å². The molecule has 11 heteroatoms. The van der Waals surface area contributed by atoms with E-state index in [1.165, 1.54) is 19.3 Å². The Balaban J connectivity index is 1.23. The van der Waals surface area contributed by atoms with Crippen molar-refractivity contribution in [3.05, 3.63) is 77.9 Å². The van der Waals surface area contributed by atoms with Crippen LogP contribution in [0.3, 0.4) is 0 Å². The summed E-state index contributed by atoms with van der Waals surface area (Å²) in [4.78, 5) is 23.5. The van der Waals surface area contributed by atoms with Crippen molar-refractivity contribution in [2.75, 3.05) is 16.8 Å². The van der Waals surface area contributed by atoms with Crippen molar-refractivity contribution in [1.29, 1.82) is 0 Å². The number of fused-ring (bicyclic) bond motifs is 2. The van der Waals surface area contributed by atoms with E-state index in [1.807, 2.05) is 13.1 Å². The summed E-state index contributed by atoms with van der Waals surface area (Å²) in [6, 6.07) is 9.27. The van der Waals surface area contributed by atoms with Crippen LogP contribution in [0.25, 0.3) is 16.9 Å². The number of piperidine rings is 1. The summed E-state index contributed by atoms with van der Waals surface area (Å²) in [5.41, 5.74) is 3.39. The van der Waals surface area contributed by atoms with E-state index in [-0.39, 0.29) is 11.4 Å². The van der Waals surface area contributed by atoms with Crippen LogP contribution in [0.2, 0.25) is 0 Å². The lowest BCUT2D eigenvalue weighted by Gasteiger charge is -2.29. The largest absolute Gasteiger partial charge is 0.416 e. The molecular formula is C27H24F3N7O. The Kier molecular flexibility index (Phi) is 5.85. The molecule has 4 aromatic rings. The predicted molar refractivity (Wildman–Crippen MR) is 135 cm³/mol. The number of nitrogens with one attached hydrogen (secondary N) is 1. The SMILES string of the molecule is Cc1ccc(C(=O)Nc2cc(C(F)(F)F)ccn2)cc1-n1cc(-c2cncc(N3C[C@H]4CC[C@@H]3C4)c2)nn1. The zero-order valence-corrected chi connectivity index (χ0v) is 20.5. The number of pyridine rings is 2. The number of aromatic nitrogens is 5. The van der Waals surface area contributed by atoms with Crippen LogP contribution in [0.4, 0.5) is 24.7 Å². The lowest BCUT2D eigenvalue weighted by atomic mass is 10.1. The van der Waals surface area contributed by atoms with Crippen molar-refractivity contribution < 1.29 is 18.0 Å². The Bertz CT molecular complexity index is 1520. The normalized spacial score (nSPS) is 18.7. The lowest BCUT2D eigenvalue weighted by molar-refractivity contribution is -0.137. The van der Waals surface area contributed by atoms with Crippen molar-refractivity contribution >= 4 is 17.4 Å². The van der Waals surface area contributed by atoms with Crippen LogP contribution in [-0.2, 0) is 6.18 Å². The molecular weight excluding hydrogens is 495 g/mol. The van der Waals surface area contributed by atoms with Crippen molar-refractivity contribution in [3.8, 4) is 16.9 Å². The van der Waals surface area contributed by atoms with Crippen LogP contribution in [0.15, 0.2) is 61.2 Å². The highest BCUT2D eigenvalue weighted by Crippen LogP contribution is 2.40. The molecule has 4 heterocycles. The molecule has 0 spiro atoms. The van der Waals surface area contributed by atoms with Crippen LogP contribution >= 0.6 is 0 Å². The minimum atomic E-state index is -4.53. The van der Waals surface area contributed by atoms with Crippen molar-refractivity contribution in [2.24, 2.45) is 5.92 Å². The third-order valence-corrected chi connectivity index (χ3v) is 7.30. The second kappa shape index (κ2) is 9.23. The molecule has 194 valence electrons. The molecule has 1 saturated heterocycles. The molecule has 2 aliphatic rings. The number of halogens is 3. The first-order chi connectivity index (χ1) is 18.2. The molecule has 3 aromatic heterocycles. The molecule has 0 radical (unpaired) electrons. The van der Waals surface area contributed by atoms with Crippen LogP contribution in [0, 0.1) is 12.8 Å². The van der Waals surface area contributed by atoms with Gasteiger partial charge in [0.15, 0.2) is 0 Å². The smallest absolute Gasteiger partial charge is 0.367 e. The van der Waals surface area contributed by atoms with Gasteiger partial charge in [-0.05, 0) is 68.0 Å². The van der Waals surface area contributed by atoms with Gasteiger partial charge in [-0.15, -0.1) is 5.10 Å². The molecule has 1 aromatic carbocycles. The van der Waals surface area contributed by atoms with Gasteiger partial charge in [0.2, 0.25) is 0 Å². The van der Waals surface area contributed by atoms with Gasteiger partial charge in [-0.1, -0.05) is 11.3 Å². The molecule has 1 aliphatic carbocycles. The predicted octanol–water partition coefficient (Wildman–Crippen LogP) is 5.29. The van der Waals surface area contributed by atoms with E-state index in [2.05, 4.69) is 36.6 Å². The van der Waals surface area contributed by atoms with E-state index in [4.69, 9.17) is 0 Å². The van der Waals surface area contributed by atoms with Gasteiger partial charge < -0.3 is 10.2 Å². The number of aryl methyl sites for hydroxylation is 1. The lowest BCUT2D eigenvalue weighted by Crippen LogP contribution is -2.31. The Morgan fingerprint density at radius 1 is 1.11 bits per heavy atom. The number of hydrogen-bond acceptors (Lipinski definition) is 6. The Morgan fingerprint density at radius 2 is 1.97 bits per heavy atom. The number of nitrogens with zero attached hydrogens (tertiary/aromatic N) is 6. The highest BCUT2D eigenvalue weighted by molar-refractivity contribution is 6.04. The van der Waals surface area contributed by atoms with Gasteiger partial charge in [-0.3, -0.25) is 9.78 Å². The second-order valence-corrected chi connectivity index (χ2v) is 9.85. The number of rotatable bonds is 5. The van der Waals surface area contributed by atoms with Crippen LogP contribution in [0.1, 0.15) is 40.7 Å². The zero-order valence-electron chi connectivity index (χ0n) is 20.5. The summed E-state index contributed by atoms with van der Waals surface area (Å²) in [5, 5.41) is 11.0. The Hall–Kier alpha value is -4.28. The number of amides is 1. The van der Waals surface area contributed by atoms with Gasteiger partial charge in [-0.25, -0.2) is 9.67 Å². The summed E-state index contributed by atoms with van der Waals surface area (Å²) in [6.07, 6.45) is 5.66. The minimum absolute atomic E-state index is 0.186. The maximum Gasteiger partial charge on any atom is 0.416 e. The fraction of sp³-hybridized carbons (Fsp3) is 0.296. The molecule has 0 unspecified atom stereocenters. The van der Waals surface area contributed by atoms with Crippen LogP contribution in [-0.4, -0.2) is 43.5 Å². The molecule has 2 atom stereocenters. The average Bonchev–Trinajstić information content (AvgIpc) is 3.67. The van der Waals surface area contributed by atoms with Crippen molar-refractivity contribution in [3.63, 3.8) is 0 Å². The fourth-order valence-electron chi connectivity index (χ4n) is 5.34. The van der Waals surface area contributed by atoms with E-state index < -0.39 is 17.6 Å². The van der Waals surface area contributed by atoms with E-state index in [0.29, 0.717) is 17.4 Å². The first-order valence-electron chi connectivity index (χ1n) is 12.3. The molecule has 8 nitrogen and oxygen atoms in total. The molecule has 1 saturated carbocycles. The number of alkyl halides is 3. The standard InChI is InChI=1S/C27H24F3N7O/c1-16-2-4-18(26(38)33-25-11-20(6-7-32-25)27(28,29)30)10-24(16)37-15-23(34-35-37)19-9-22(13-31-12-19)36-14-17-3-5-21(36)8-17/h2,4,6-7,9-13,15,17,21H,3,5,8,14H2,1H3,(H,32,33,38)/t17-,21+/m0/s1. The van der Waals surface area contributed by atoms with Gasteiger partial charge in [0.1, 0.15) is 11.5 Å². The molecule has 2 fully saturated rings. The van der Waals surface area contributed by atoms with Crippen molar-refractivity contribution in [2.45, 2.75) is 38.4 Å². The number of carbonyl (C=O) groups is 1. The van der Waals surface area contributed by atoms with E-state index in [1.54, 1.807) is 35.3 Å². The molecule has 1 amide bonds. The summed E-state index contributed by atoms with van der Waals surface area (Å²) in [6.45, 7) is 2.93. The van der Waals surface area contributed by atoms with Crippen molar-refractivity contribution in [1.82, 2.24) is 25.0 Å². The van der Waals surface area contributed by atoms with E-state index in [0.717, 1.165) is 47.6 Å². The zero-order chi connectivity index (χ0) is 26.4. The Morgan fingerprint density at radius 3 is 2.74 bits per heavy atom. The topological polar surface area (TPSA) is 88.8 Å². The molecule has 6 rings (SSSR count).